The number of rotatable bonds is 1. The SMILES string of the molecule is COC(=O)C1CC[C@@H]2CCCC[C@H]12. The van der Waals surface area contributed by atoms with Crippen LogP contribution in [0.4, 0.5) is 0 Å². The molecule has 0 amide bonds. The summed E-state index contributed by atoms with van der Waals surface area (Å²) >= 11 is 0. The highest BCUT2D eigenvalue weighted by Gasteiger charge is 2.41. The molecular formula is C11H18O2. The molecule has 1 unspecified atom stereocenters. The first-order chi connectivity index (χ1) is 6.33. The van der Waals surface area contributed by atoms with Crippen LogP contribution in [0.2, 0.25) is 0 Å². The first-order valence-corrected chi connectivity index (χ1v) is 5.40. The van der Waals surface area contributed by atoms with Crippen LogP contribution in [0.5, 0.6) is 0 Å². The lowest BCUT2D eigenvalue weighted by atomic mass is 9.78. The maximum absolute atomic E-state index is 11.4. The van der Waals surface area contributed by atoms with Crippen molar-refractivity contribution in [3.05, 3.63) is 0 Å². The number of methoxy groups -OCH3 is 1. The molecule has 0 aromatic rings. The normalized spacial score (nSPS) is 38.4. The molecule has 2 saturated carbocycles. The van der Waals surface area contributed by atoms with Gasteiger partial charge in [0.05, 0.1) is 13.0 Å². The van der Waals surface area contributed by atoms with E-state index < -0.39 is 0 Å². The van der Waals surface area contributed by atoms with Crippen molar-refractivity contribution < 1.29 is 9.53 Å². The van der Waals surface area contributed by atoms with Gasteiger partial charge in [0.15, 0.2) is 0 Å². The van der Waals surface area contributed by atoms with Crippen molar-refractivity contribution >= 4 is 5.97 Å². The largest absolute Gasteiger partial charge is 0.469 e. The number of fused-ring (bicyclic) bond motifs is 1. The molecule has 0 aromatic carbocycles. The third-order valence-corrected chi connectivity index (χ3v) is 3.84. The summed E-state index contributed by atoms with van der Waals surface area (Å²) in [5.74, 6) is 1.75. The number of hydrogen-bond acceptors (Lipinski definition) is 2. The molecule has 2 aliphatic rings. The fraction of sp³-hybridized carbons (Fsp3) is 0.909. The zero-order valence-electron chi connectivity index (χ0n) is 8.29. The second kappa shape index (κ2) is 3.69. The van der Waals surface area contributed by atoms with Crippen molar-refractivity contribution in [2.75, 3.05) is 7.11 Å². The Bertz CT molecular complexity index is 200. The van der Waals surface area contributed by atoms with Gasteiger partial charge in [-0.05, 0) is 31.1 Å². The molecule has 74 valence electrons. The maximum Gasteiger partial charge on any atom is 0.308 e. The van der Waals surface area contributed by atoms with Crippen LogP contribution in [-0.2, 0) is 9.53 Å². The molecule has 2 nitrogen and oxygen atoms in total. The molecular weight excluding hydrogens is 164 g/mol. The van der Waals surface area contributed by atoms with Gasteiger partial charge in [0.2, 0.25) is 0 Å². The smallest absolute Gasteiger partial charge is 0.308 e. The van der Waals surface area contributed by atoms with E-state index in [4.69, 9.17) is 4.74 Å². The molecule has 2 rings (SSSR count). The molecule has 0 aliphatic heterocycles. The van der Waals surface area contributed by atoms with Crippen molar-refractivity contribution in [3.63, 3.8) is 0 Å². The van der Waals surface area contributed by atoms with Crippen LogP contribution in [0, 0.1) is 17.8 Å². The lowest BCUT2D eigenvalue weighted by Crippen LogP contribution is -2.25. The van der Waals surface area contributed by atoms with Gasteiger partial charge in [-0.1, -0.05) is 19.3 Å². The molecule has 2 heteroatoms. The molecule has 0 aromatic heterocycles. The van der Waals surface area contributed by atoms with Gasteiger partial charge in [-0.25, -0.2) is 0 Å². The Labute approximate surface area is 79.7 Å². The van der Waals surface area contributed by atoms with Crippen molar-refractivity contribution in [2.24, 2.45) is 17.8 Å². The van der Waals surface area contributed by atoms with Crippen LogP contribution in [0.3, 0.4) is 0 Å². The summed E-state index contributed by atoms with van der Waals surface area (Å²) in [5, 5.41) is 0. The molecule has 13 heavy (non-hydrogen) atoms. The van der Waals surface area contributed by atoms with Crippen molar-refractivity contribution in [2.45, 2.75) is 38.5 Å². The first kappa shape index (κ1) is 9.04. The minimum atomic E-state index is 0.0365. The number of carbonyl (C=O) groups is 1. The van der Waals surface area contributed by atoms with Gasteiger partial charge in [-0.15, -0.1) is 0 Å². The van der Waals surface area contributed by atoms with Crippen LogP contribution in [0.1, 0.15) is 38.5 Å². The quantitative estimate of drug-likeness (QED) is 0.582. The zero-order chi connectivity index (χ0) is 9.26. The summed E-state index contributed by atoms with van der Waals surface area (Å²) in [7, 11) is 1.51. The van der Waals surface area contributed by atoms with Gasteiger partial charge in [-0.3, -0.25) is 4.79 Å². The summed E-state index contributed by atoms with van der Waals surface area (Å²) in [5.41, 5.74) is 0. The topological polar surface area (TPSA) is 26.3 Å². The minimum Gasteiger partial charge on any atom is -0.469 e. The van der Waals surface area contributed by atoms with E-state index >= 15 is 0 Å². The van der Waals surface area contributed by atoms with Gasteiger partial charge in [0.25, 0.3) is 0 Å². The van der Waals surface area contributed by atoms with E-state index in [-0.39, 0.29) is 11.9 Å². The Hall–Kier alpha value is -0.530. The van der Waals surface area contributed by atoms with E-state index in [1.165, 1.54) is 39.2 Å². The molecule has 0 spiro atoms. The van der Waals surface area contributed by atoms with E-state index in [2.05, 4.69) is 0 Å². The monoisotopic (exact) mass is 182 g/mol. The van der Waals surface area contributed by atoms with Crippen LogP contribution in [0.15, 0.2) is 0 Å². The molecule has 0 saturated heterocycles. The summed E-state index contributed by atoms with van der Waals surface area (Å²) in [6.45, 7) is 0. The Balaban J connectivity index is 2.02. The standard InChI is InChI=1S/C11H18O2/c1-13-11(12)10-7-6-8-4-2-3-5-9(8)10/h8-10H,2-7H2,1H3/t8-,9-,10?/m0/s1. The van der Waals surface area contributed by atoms with E-state index in [0.717, 1.165) is 12.3 Å². The minimum absolute atomic E-state index is 0.0365. The lowest BCUT2D eigenvalue weighted by Gasteiger charge is -2.27. The third-order valence-electron chi connectivity index (χ3n) is 3.84. The summed E-state index contributed by atoms with van der Waals surface area (Å²) in [6.07, 6.45) is 7.61. The molecule has 2 fully saturated rings. The Morgan fingerprint density at radius 3 is 2.69 bits per heavy atom. The Morgan fingerprint density at radius 1 is 1.15 bits per heavy atom. The maximum atomic E-state index is 11.4. The molecule has 2 aliphatic carbocycles. The number of carbonyl (C=O) groups excluding carboxylic acids is 1. The van der Waals surface area contributed by atoms with E-state index in [1.54, 1.807) is 0 Å². The second-order valence-corrected chi connectivity index (χ2v) is 4.42. The van der Waals surface area contributed by atoms with Crippen molar-refractivity contribution in [3.8, 4) is 0 Å². The van der Waals surface area contributed by atoms with Crippen molar-refractivity contribution in [1.82, 2.24) is 0 Å². The van der Waals surface area contributed by atoms with Gasteiger partial charge in [-0.2, -0.15) is 0 Å². The van der Waals surface area contributed by atoms with Crippen LogP contribution >= 0.6 is 0 Å². The molecule has 3 atom stereocenters. The van der Waals surface area contributed by atoms with E-state index in [1.807, 2.05) is 0 Å². The average Bonchev–Trinajstić information content (AvgIpc) is 2.60. The van der Waals surface area contributed by atoms with E-state index in [9.17, 15) is 4.79 Å². The summed E-state index contributed by atoms with van der Waals surface area (Å²) in [6, 6.07) is 0. The molecule has 0 N–H and O–H groups in total. The summed E-state index contributed by atoms with van der Waals surface area (Å²) in [4.78, 5) is 11.4. The van der Waals surface area contributed by atoms with E-state index in [0.29, 0.717) is 5.92 Å². The second-order valence-electron chi connectivity index (χ2n) is 4.42. The average molecular weight is 182 g/mol. The van der Waals surface area contributed by atoms with Gasteiger partial charge >= 0.3 is 5.97 Å². The highest BCUT2D eigenvalue weighted by molar-refractivity contribution is 5.73. The highest BCUT2D eigenvalue weighted by Crippen LogP contribution is 2.46. The van der Waals surface area contributed by atoms with Crippen molar-refractivity contribution in [1.29, 1.82) is 0 Å². The molecule has 0 heterocycles. The van der Waals surface area contributed by atoms with Crippen LogP contribution in [0.25, 0.3) is 0 Å². The third kappa shape index (κ3) is 1.59. The molecule has 0 bridgehead atoms. The Kier molecular flexibility index (Phi) is 2.56. The van der Waals surface area contributed by atoms with Crippen LogP contribution < -0.4 is 0 Å². The fourth-order valence-corrected chi connectivity index (χ4v) is 3.18. The van der Waals surface area contributed by atoms with Crippen LogP contribution in [-0.4, -0.2) is 13.1 Å². The lowest BCUT2D eigenvalue weighted by molar-refractivity contribution is -0.147. The highest BCUT2D eigenvalue weighted by atomic mass is 16.5. The zero-order valence-corrected chi connectivity index (χ0v) is 8.29. The number of esters is 1. The first-order valence-electron chi connectivity index (χ1n) is 5.40. The van der Waals surface area contributed by atoms with Gasteiger partial charge in [0, 0.05) is 0 Å². The number of ether oxygens (including phenoxy) is 1. The van der Waals surface area contributed by atoms with Gasteiger partial charge < -0.3 is 4.74 Å². The molecule has 0 radical (unpaired) electrons. The summed E-state index contributed by atoms with van der Waals surface area (Å²) < 4.78 is 4.84. The number of hydrogen-bond donors (Lipinski definition) is 0. The fourth-order valence-electron chi connectivity index (χ4n) is 3.18. The Morgan fingerprint density at radius 2 is 1.92 bits per heavy atom. The predicted octanol–water partition coefficient (Wildman–Crippen LogP) is 2.38. The predicted molar refractivity (Wildman–Crippen MR) is 50.2 cm³/mol. The van der Waals surface area contributed by atoms with Gasteiger partial charge in [0.1, 0.15) is 0 Å².